The fraction of sp³-hybridized carbons (Fsp3) is 0.917. The minimum atomic E-state index is -0.337. The van der Waals surface area contributed by atoms with E-state index in [1.807, 2.05) is 6.92 Å². The minimum absolute atomic E-state index is 0.141. The molecule has 1 amide bonds. The number of amides is 1. The van der Waals surface area contributed by atoms with Crippen molar-refractivity contribution in [3.63, 3.8) is 0 Å². The lowest BCUT2D eigenvalue weighted by Gasteiger charge is -2.25. The van der Waals surface area contributed by atoms with Crippen LogP contribution in [0.5, 0.6) is 0 Å². The number of hydrogen-bond donors (Lipinski definition) is 2. The van der Waals surface area contributed by atoms with Crippen LogP contribution in [0.15, 0.2) is 0 Å². The first-order chi connectivity index (χ1) is 7.46. The minimum Gasteiger partial charge on any atom is -0.353 e. The van der Waals surface area contributed by atoms with E-state index in [0.717, 1.165) is 32.5 Å². The maximum Gasteiger partial charge on any atom is 0.240 e. The zero-order valence-corrected chi connectivity index (χ0v) is 11.0. The lowest BCUT2D eigenvalue weighted by Crippen LogP contribution is -2.52. The monoisotopic (exact) mass is 227 g/mol. The third-order valence-corrected chi connectivity index (χ3v) is 3.50. The van der Waals surface area contributed by atoms with Crippen LogP contribution in [-0.4, -0.2) is 49.1 Å². The van der Waals surface area contributed by atoms with Gasteiger partial charge in [-0.25, -0.2) is 0 Å². The molecule has 0 spiro atoms. The zero-order chi connectivity index (χ0) is 12.2. The van der Waals surface area contributed by atoms with Gasteiger partial charge in [0.1, 0.15) is 0 Å². The molecule has 4 nitrogen and oxygen atoms in total. The van der Waals surface area contributed by atoms with Gasteiger partial charge in [0.15, 0.2) is 0 Å². The van der Waals surface area contributed by atoms with E-state index in [1.165, 1.54) is 0 Å². The lowest BCUT2D eigenvalue weighted by molar-refractivity contribution is -0.126. The second-order valence-electron chi connectivity index (χ2n) is 5.19. The van der Waals surface area contributed by atoms with E-state index in [2.05, 4.69) is 36.4 Å². The molecule has 1 heterocycles. The molecule has 0 radical (unpaired) electrons. The quantitative estimate of drug-likeness (QED) is 0.722. The van der Waals surface area contributed by atoms with Crippen molar-refractivity contribution >= 4 is 5.91 Å². The molecule has 0 aromatic rings. The van der Waals surface area contributed by atoms with Gasteiger partial charge < -0.3 is 15.5 Å². The second kappa shape index (κ2) is 5.64. The Morgan fingerprint density at radius 2 is 2.25 bits per heavy atom. The molecule has 4 heteroatoms. The van der Waals surface area contributed by atoms with Gasteiger partial charge in [0.25, 0.3) is 0 Å². The molecule has 1 fully saturated rings. The van der Waals surface area contributed by atoms with E-state index >= 15 is 0 Å². The van der Waals surface area contributed by atoms with Gasteiger partial charge in [-0.2, -0.15) is 0 Å². The molecule has 0 aromatic heterocycles. The van der Waals surface area contributed by atoms with E-state index < -0.39 is 0 Å². The van der Waals surface area contributed by atoms with Crippen molar-refractivity contribution in [2.75, 3.05) is 26.7 Å². The molecule has 0 bridgehead atoms. The Labute approximate surface area is 98.8 Å². The molecule has 1 saturated heterocycles. The third-order valence-electron chi connectivity index (χ3n) is 3.50. The number of nitrogens with one attached hydrogen (secondary N) is 2. The molecule has 1 aliphatic rings. The highest BCUT2D eigenvalue weighted by atomic mass is 16.2. The Bertz CT molecular complexity index is 234. The molecule has 1 rings (SSSR count). The highest BCUT2D eigenvalue weighted by Crippen LogP contribution is 2.18. The van der Waals surface area contributed by atoms with Crippen LogP contribution in [0, 0.1) is 0 Å². The summed E-state index contributed by atoms with van der Waals surface area (Å²) >= 11 is 0. The Morgan fingerprint density at radius 1 is 1.56 bits per heavy atom. The first-order valence-electron chi connectivity index (χ1n) is 6.19. The molecule has 0 saturated carbocycles. The summed E-state index contributed by atoms with van der Waals surface area (Å²) in [6.07, 6.45) is 2.04. The predicted octanol–water partition coefficient (Wildman–Crippen LogP) is 0.585. The van der Waals surface area contributed by atoms with E-state index in [9.17, 15) is 4.79 Å². The number of rotatable bonds is 5. The van der Waals surface area contributed by atoms with Crippen molar-refractivity contribution in [3.05, 3.63) is 0 Å². The van der Waals surface area contributed by atoms with Crippen LogP contribution in [0.4, 0.5) is 0 Å². The second-order valence-corrected chi connectivity index (χ2v) is 5.19. The fourth-order valence-electron chi connectivity index (χ4n) is 1.89. The first-order valence-corrected chi connectivity index (χ1v) is 6.19. The van der Waals surface area contributed by atoms with Gasteiger partial charge in [0.05, 0.1) is 5.54 Å². The van der Waals surface area contributed by atoms with E-state index in [-0.39, 0.29) is 11.4 Å². The number of hydrogen-bond acceptors (Lipinski definition) is 3. The Hall–Kier alpha value is -0.610. The van der Waals surface area contributed by atoms with Crippen molar-refractivity contribution in [1.82, 2.24) is 15.5 Å². The van der Waals surface area contributed by atoms with Gasteiger partial charge in [-0.15, -0.1) is 0 Å². The van der Waals surface area contributed by atoms with Gasteiger partial charge in [-0.05, 0) is 47.2 Å². The normalized spacial score (nSPS) is 25.4. The molecular formula is C12H25N3O. The van der Waals surface area contributed by atoms with Gasteiger partial charge in [0, 0.05) is 19.1 Å². The number of likely N-dealkylation sites (N-methyl/N-ethyl adjacent to an activating group) is 1. The number of carbonyl (C=O) groups is 1. The zero-order valence-electron chi connectivity index (χ0n) is 11.0. The van der Waals surface area contributed by atoms with Crippen molar-refractivity contribution in [1.29, 1.82) is 0 Å². The van der Waals surface area contributed by atoms with Crippen LogP contribution in [-0.2, 0) is 4.79 Å². The largest absolute Gasteiger partial charge is 0.353 e. The highest BCUT2D eigenvalue weighted by Gasteiger charge is 2.35. The van der Waals surface area contributed by atoms with Crippen LogP contribution in [0.2, 0.25) is 0 Å². The molecular weight excluding hydrogens is 202 g/mol. The van der Waals surface area contributed by atoms with Gasteiger partial charge >= 0.3 is 0 Å². The van der Waals surface area contributed by atoms with Crippen LogP contribution in [0.1, 0.15) is 33.6 Å². The summed E-state index contributed by atoms with van der Waals surface area (Å²) in [7, 11) is 2.08. The summed E-state index contributed by atoms with van der Waals surface area (Å²) in [5.74, 6) is 0.141. The molecule has 0 aromatic carbocycles. The summed E-state index contributed by atoms with van der Waals surface area (Å²) in [4.78, 5) is 14.2. The first kappa shape index (κ1) is 13.5. The highest BCUT2D eigenvalue weighted by molar-refractivity contribution is 5.86. The molecule has 1 unspecified atom stereocenters. The van der Waals surface area contributed by atoms with E-state index in [0.29, 0.717) is 6.04 Å². The molecule has 16 heavy (non-hydrogen) atoms. The van der Waals surface area contributed by atoms with Crippen molar-refractivity contribution in [2.24, 2.45) is 0 Å². The topological polar surface area (TPSA) is 44.4 Å². The Balaban J connectivity index is 2.25. The van der Waals surface area contributed by atoms with Crippen molar-refractivity contribution < 1.29 is 4.79 Å². The van der Waals surface area contributed by atoms with E-state index in [4.69, 9.17) is 0 Å². The van der Waals surface area contributed by atoms with Crippen LogP contribution >= 0.6 is 0 Å². The third kappa shape index (κ3) is 3.46. The summed E-state index contributed by atoms with van der Waals surface area (Å²) in [5, 5.41) is 6.28. The summed E-state index contributed by atoms with van der Waals surface area (Å²) in [6.45, 7) is 8.88. The maximum atomic E-state index is 11.9. The average molecular weight is 227 g/mol. The smallest absolute Gasteiger partial charge is 0.240 e. The van der Waals surface area contributed by atoms with Gasteiger partial charge in [0.2, 0.25) is 5.91 Å². The van der Waals surface area contributed by atoms with Crippen molar-refractivity contribution in [2.45, 2.75) is 45.2 Å². The molecule has 1 aliphatic heterocycles. The fourth-order valence-corrected chi connectivity index (χ4v) is 1.89. The van der Waals surface area contributed by atoms with Crippen LogP contribution < -0.4 is 10.6 Å². The standard InChI is InChI=1S/C12H25N3O/c1-10(2)15(4)9-8-13-11(16)12(3)6-5-7-14-12/h10,14H,5-9H2,1-4H3,(H,13,16). The van der Waals surface area contributed by atoms with Gasteiger partial charge in [-0.1, -0.05) is 0 Å². The summed E-state index contributed by atoms with van der Waals surface area (Å²) < 4.78 is 0. The molecule has 0 aliphatic carbocycles. The van der Waals surface area contributed by atoms with E-state index in [1.54, 1.807) is 0 Å². The van der Waals surface area contributed by atoms with Crippen molar-refractivity contribution in [3.8, 4) is 0 Å². The molecule has 2 N–H and O–H groups in total. The lowest BCUT2D eigenvalue weighted by atomic mass is 9.99. The summed E-state index contributed by atoms with van der Waals surface area (Å²) in [5.41, 5.74) is -0.337. The van der Waals surface area contributed by atoms with Crippen LogP contribution in [0.25, 0.3) is 0 Å². The van der Waals surface area contributed by atoms with Crippen LogP contribution in [0.3, 0.4) is 0 Å². The predicted molar refractivity (Wildman–Crippen MR) is 66.4 cm³/mol. The SMILES string of the molecule is CC(C)N(C)CCNC(=O)C1(C)CCCN1. The molecule has 94 valence electrons. The Morgan fingerprint density at radius 3 is 2.75 bits per heavy atom. The number of carbonyl (C=O) groups excluding carboxylic acids is 1. The number of nitrogens with zero attached hydrogens (tertiary/aromatic N) is 1. The average Bonchev–Trinajstić information content (AvgIpc) is 2.66. The molecule has 1 atom stereocenters. The maximum absolute atomic E-state index is 11.9. The summed E-state index contributed by atoms with van der Waals surface area (Å²) in [6, 6.07) is 0.525. The van der Waals surface area contributed by atoms with Gasteiger partial charge in [-0.3, -0.25) is 4.79 Å². The Kier molecular flexibility index (Phi) is 4.74.